The topological polar surface area (TPSA) is 46.3 Å². The fraction of sp³-hybridized carbons (Fsp3) is 0.533. The molecule has 0 bridgehead atoms. The number of amides is 1. The molecule has 0 aliphatic heterocycles. The minimum atomic E-state index is -0.539. The maximum Gasteiger partial charge on any atom is 0.244 e. The Morgan fingerprint density at radius 3 is 2.32 bits per heavy atom. The van der Waals surface area contributed by atoms with Crippen molar-refractivity contribution >= 4 is 18.3 Å². The fourth-order valence-electron chi connectivity index (χ4n) is 1.89. The van der Waals surface area contributed by atoms with Crippen LogP contribution < -0.4 is 5.73 Å². The van der Waals surface area contributed by atoms with E-state index in [-0.39, 0.29) is 18.3 Å². The van der Waals surface area contributed by atoms with E-state index in [0.717, 1.165) is 31.5 Å². The summed E-state index contributed by atoms with van der Waals surface area (Å²) in [5, 5.41) is 0. The number of likely N-dealkylation sites (N-methyl/N-ethyl adjacent to an activating group) is 1. The molecule has 1 aromatic rings. The van der Waals surface area contributed by atoms with Crippen LogP contribution in [0.4, 0.5) is 0 Å². The molecule has 3 nitrogen and oxygen atoms in total. The van der Waals surface area contributed by atoms with Gasteiger partial charge in [-0.1, -0.05) is 43.2 Å². The third kappa shape index (κ3) is 5.21. The highest BCUT2D eigenvalue weighted by molar-refractivity contribution is 5.85. The molecular weight excluding hydrogens is 260 g/mol. The number of aryl methyl sites for hydroxylation is 1. The molecule has 1 unspecified atom stereocenters. The number of nitrogens with two attached hydrogens (primary N) is 1. The highest BCUT2D eigenvalue weighted by Gasteiger charge is 2.20. The van der Waals surface area contributed by atoms with Gasteiger partial charge in [0.25, 0.3) is 0 Å². The summed E-state index contributed by atoms with van der Waals surface area (Å²) >= 11 is 0. The Balaban J connectivity index is 0.00000324. The quantitative estimate of drug-likeness (QED) is 0.873. The minimum absolute atomic E-state index is 0. The molecule has 0 radical (unpaired) electrons. The van der Waals surface area contributed by atoms with Crippen LogP contribution in [0.1, 0.15) is 43.9 Å². The summed E-state index contributed by atoms with van der Waals surface area (Å²) in [4.78, 5) is 14.1. The zero-order chi connectivity index (χ0) is 13.5. The summed E-state index contributed by atoms with van der Waals surface area (Å²) < 4.78 is 0. The largest absolute Gasteiger partial charge is 0.341 e. The third-order valence-corrected chi connectivity index (χ3v) is 3.18. The van der Waals surface area contributed by atoms with Crippen molar-refractivity contribution in [1.29, 1.82) is 0 Å². The molecule has 1 aromatic carbocycles. The molecule has 2 N–H and O–H groups in total. The molecule has 4 heteroatoms. The molecule has 0 heterocycles. The molecule has 0 spiro atoms. The van der Waals surface area contributed by atoms with Crippen molar-refractivity contribution in [1.82, 2.24) is 4.90 Å². The van der Waals surface area contributed by atoms with Crippen LogP contribution in [0.3, 0.4) is 0 Å². The molecular formula is C15H25ClN2O. The molecule has 1 rings (SSSR count). The van der Waals surface area contributed by atoms with E-state index in [9.17, 15) is 4.79 Å². The number of nitrogens with zero attached hydrogens (tertiary/aromatic N) is 1. The van der Waals surface area contributed by atoms with Crippen LogP contribution in [0.25, 0.3) is 0 Å². The summed E-state index contributed by atoms with van der Waals surface area (Å²) in [7, 11) is 0. The van der Waals surface area contributed by atoms with Gasteiger partial charge in [0.2, 0.25) is 5.91 Å². The molecule has 1 amide bonds. The summed E-state index contributed by atoms with van der Waals surface area (Å²) in [5.41, 5.74) is 8.11. The number of carbonyl (C=O) groups is 1. The number of carbonyl (C=O) groups excluding carboxylic acids is 1. The lowest BCUT2D eigenvalue weighted by Gasteiger charge is -2.24. The van der Waals surface area contributed by atoms with Gasteiger partial charge in [-0.05, 0) is 25.8 Å². The molecule has 1 atom stereocenters. The van der Waals surface area contributed by atoms with E-state index in [0.29, 0.717) is 0 Å². The van der Waals surface area contributed by atoms with Crippen molar-refractivity contribution in [2.24, 2.45) is 5.73 Å². The van der Waals surface area contributed by atoms with Crippen molar-refractivity contribution in [3.8, 4) is 0 Å². The summed E-state index contributed by atoms with van der Waals surface area (Å²) in [6, 6.07) is 7.31. The van der Waals surface area contributed by atoms with Crippen LogP contribution in [0, 0.1) is 6.92 Å². The van der Waals surface area contributed by atoms with E-state index >= 15 is 0 Å². The minimum Gasteiger partial charge on any atom is -0.341 e. The van der Waals surface area contributed by atoms with Gasteiger partial charge in [-0.3, -0.25) is 4.79 Å². The lowest BCUT2D eigenvalue weighted by Crippen LogP contribution is -2.39. The molecule has 0 aliphatic rings. The lowest BCUT2D eigenvalue weighted by molar-refractivity contribution is -0.132. The number of rotatable bonds is 6. The average Bonchev–Trinajstić information content (AvgIpc) is 2.39. The van der Waals surface area contributed by atoms with Crippen LogP contribution >= 0.6 is 12.4 Å². The maximum atomic E-state index is 12.3. The summed E-state index contributed by atoms with van der Waals surface area (Å²) in [5.74, 6) is 0.0230. The van der Waals surface area contributed by atoms with E-state index < -0.39 is 6.04 Å². The van der Waals surface area contributed by atoms with Gasteiger partial charge in [0.15, 0.2) is 0 Å². The van der Waals surface area contributed by atoms with Gasteiger partial charge >= 0.3 is 0 Å². The zero-order valence-corrected chi connectivity index (χ0v) is 12.9. The fourth-order valence-corrected chi connectivity index (χ4v) is 1.89. The van der Waals surface area contributed by atoms with E-state index in [1.54, 1.807) is 0 Å². The van der Waals surface area contributed by atoms with E-state index in [1.165, 1.54) is 5.56 Å². The lowest BCUT2D eigenvalue weighted by atomic mass is 10.0. The average molecular weight is 285 g/mol. The molecule has 108 valence electrons. The Hall–Kier alpha value is -1.06. The van der Waals surface area contributed by atoms with Crippen LogP contribution in [0.5, 0.6) is 0 Å². The van der Waals surface area contributed by atoms with E-state index in [2.05, 4.69) is 6.92 Å². The molecule has 0 aromatic heterocycles. The Bertz CT molecular complexity index is 378. The van der Waals surface area contributed by atoms with Crippen LogP contribution in [0.2, 0.25) is 0 Å². The number of hydrogen-bond acceptors (Lipinski definition) is 2. The molecule has 0 aliphatic carbocycles. The first-order valence-corrected chi connectivity index (χ1v) is 6.71. The normalized spacial score (nSPS) is 11.6. The summed E-state index contributed by atoms with van der Waals surface area (Å²) in [6.45, 7) is 7.66. The smallest absolute Gasteiger partial charge is 0.244 e. The Morgan fingerprint density at radius 1 is 1.26 bits per heavy atom. The first-order chi connectivity index (χ1) is 8.60. The standard InChI is InChI=1S/C15H24N2O.ClH/c1-4-6-11-17(5-2)15(18)14(16)13-9-7-12(3)8-10-13;/h7-10,14H,4-6,11,16H2,1-3H3;1H. The first kappa shape index (κ1) is 17.9. The SMILES string of the molecule is CCCCN(CC)C(=O)C(N)c1ccc(C)cc1.Cl. The second kappa shape index (κ2) is 8.94. The Labute approximate surface area is 122 Å². The van der Waals surface area contributed by atoms with E-state index in [4.69, 9.17) is 5.73 Å². The third-order valence-electron chi connectivity index (χ3n) is 3.18. The van der Waals surface area contributed by atoms with Crippen LogP contribution in [0.15, 0.2) is 24.3 Å². The highest BCUT2D eigenvalue weighted by Crippen LogP contribution is 2.14. The summed E-state index contributed by atoms with van der Waals surface area (Å²) in [6.07, 6.45) is 2.11. The van der Waals surface area contributed by atoms with E-state index in [1.807, 2.05) is 43.0 Å². The Morgan fingerprint density at radius 2 is 1.84 bits per heavy atom. The predicted molar refractivity (Wildman–Crippen MR) is 82.5 cm³/mol. The van der Waals surface area contributed by atoms with Crippen molar-refractivity contribution in [2.45, 2.75) is 39.7 Å². The van der Waals surface area contributed by atoms with Crippen molar-refractivity contribution < 1.29 is 4.79 Å². The number of unbranched alkanes of at least 4 members (excludes halogenated alkanes) is 1. The predicted octanol–water partition coefficient (Wildman–Crippen LogP) is 3.07. The number of hydrogen-bond donors (Lipinski definition) is 1. The molecule has 19 heavy (non-hydrogen) atoms. The first-order valence-electron chi connectivity index (χ1n) is 6.71. The van der Waals surface area contributed by atoms with Crippen LogP contribution in [-0.4, -0.2) is 23.9 Å². The van der Waals surface area contributed by atoms with Gasteiger partial charge in [-0.15, -0.1) is 12.4 Å². The van der Waals surface area contributed by atoms with Crippen molar-refractivity contribution in [3.63, 3.8) is 0 Å². The Kier molecular flexibility index (Phi) is 8.44. The molecule has 0 saturated heterocycles. The second-order valence-electron chi connectivity index (χ2n) is 4.66. The monoisotopic (exact) mass is 284 g/mol. The molecule has 0 fully saturated rings. The van der Waals surface area contributed by atoms with Gasteiger partial charge in [0.1, 0.15) is 6.04 Å². The van der Waals surface area contributed by atoms with Crippen molar-refractivity contribution in [3.05, 3.63) is 35.4 Å². The van der Waals surface area contributed by atoms with Gasteiger partial charge in [-0.25, -0.2) is 0 Å². The van der Waals surface area contributed by atoms with Crippen molar-refractivity contribution in [2.75, 3.05) is 13.1 Å². The van der Waals surface area contributed by atoms with Gasteiger partial charge in [0.05, 0.1) is 0 Å². The molecule has 0 saturated carbocycles. The maximum absolute atomic E-state index is 12.3. The van der Waals surface area contributed by atoms with Crippen LogP contribution in [-0.2, 0) is 4.79 Å². The second-order valence-corrected chi connectivity index (χ2v) is 4.66. The number of halogens is 1. The highest BCUT2D eigenvalue weighted by atomic mass is 35.5. The van der Waals surface area contributed by atoms with Gasteiger partial charge in [-0.2, -0.15) is 0 Å². The van der Waals surface area contributed by atoms with Gasteiger partial charge in [0, 0.05) is 13.1 Å². The number of benzene rings is 1. The van der Waals surface area contributed by atoms with Gasteiger partial charge < -0.3 is 10.6 Å². The zero-order valence-electron chi connectivity index (χ0n) is 12.1.